The van der Waals surface area contributed by atoms with Crippen LogP contribution in [0.1, 0.15) is 31.7 Å². The van der Waals surface area contributed by atoms with E-state index in [-0.39, 0.29) is 18.2 Å². The number of hydrogen-bond donors (Lipinski definition) is 1. The van der Waals surface area contributed by atoms with Crippen molar-refractivity contribution in [1.82, 2.24) is 0 Å². The molecule has 0 unspecified atom stereocenters. The van der Waals surface area contributed by atoms with Crippen LogP contribution in [-0.2, 0) is 21.2 Å². The third-order valence-corrected chi connectivity index (χ3v) is 5.43. The normalized spacial score (nSPS) is 11.2. The fraction of sp³-hybridized carbons (Fsp3) is 0.350. The molecule has 0 atom stereocenters. The van der Waals surface area contributed by atoms with Crippen LogP contribution in [0.15, 0.2) is 48.5 Å². The Morgan fingerprint density at radius 2 is 1.89 bits per heavy atom. The lowest BCUT2D eigenvalue weighted by molar-refractivity contribution is -0.113. The van der Waals surface area contributed by atoms with Crippen LogP contribution in [0.2, 0.25) is 0 Å². The lowest BCUT2D eigenvalue weighted by Gasteiger charge is -2.09. The number of carbonyl (C=O) groups is 1. The Morgan fingerprint density at radius 1 is 1.11 bits per heavy atom. The summed E-state index contributed by atoms with van der Waals surface area (Å²) in [4.78, 5) is 12.0. The van der Waals surface area contributed by atoms with Gasteiger partial charge in [-0.05, 0) is 36.2 Å². The Labute approximate surface area is 159 Å². The first-order valence-corrected chi connectivity index (χ1v) is 10.7. The van der Waals surface area contributed by atoms with Gasteiger partial charge in [-0.2, -0.15) is 0 Å². The molecule has 2 aromatic carbocycles. The van der Waals surface area contributed by atoms with Gasteiger partial charge in [0.05, 0.1) is 5.75 Å². The van der Waals surface area contributed by atoms with Crippen LogP contribution in [-0.4, -0.2) is 25.8 Å². The first-order valence-electron chi connectivity index (χ1n) is 8.85. The zero-order valence-electron chi connectivity index (χ0n) is 15.3. The van der Waals surface area contributed by atoms with Crippen molar-refractivity contribution >= 4 is 21.4 Å². The topological polar surface area (TPSA) is 72.5 Å². The maximum Gasteiger partial charge on any atom is 0.239 e. The average molecular weight is 393 g/mol. The number of ether oxygens (including phenoxy) is 1. The SMILES string of the molecule is CCCCCS(=O)(=O)CC(=O)Nc1cccc(COc2cccc(F)c2)c1. The minimum atomic E-state index is -3.41. The molecule has 0 aliphatic rings. The molecule has 0 aliphatic carbocycles. The summed E-state index contributed by atoms with van der Waals surface area (Å²) in [7, 11) is -3.41. The molecule has 0 saturated carbocycles. The van der Waals surface area contributed by atoms with Gasteiger partial charge in [-0.15, -0.1) is 0 Å². The molecule has 27 heavy (non-hydrogen) atoms. The van der Waals surface area contributed by atoms with E-state index in [4.69, 9.17) is 4.74 Å². The summed E-state index contributed by atoms with van der Waals surface area (Å²) < 4.78 is 42.6. The van der Waals surface area contributed by atoms with Crippen LogP contribution < -0.4 is 10.1 Å². The molecular weight excluding hydrogens is 369 g/mol. The Morgan fingerprint density at radius 3 is 2.63 bits per heavy atom. The molecule has 0 radical (unpaired) electrons. The summed E-state index contributed by atoms with van der Waals surface area (Å²) in [6.45, 7) is 2.19. The van der Waals surface area contributed by atoms with Gasteiger partial charge in [0.15, 0.2) is 9.84 Å². The second-order valence-corrected chi connectivity index (χ2v) is 8.48. The maximum atomic E-state index is 13.2. The van der Waals surface area contributed by atoms with Crippen molar-refractivity contribution in [2.24, 2.45) is 0 Å². The second-order valence-electron chi connectivity index (χ2n) is 6.29. The first-order chi connectivity index (χ1) is 12.9. The van der Waals surface area contributed by atoms with Crippen LogP contribution in [0.25, 0.3) is 0 Å². The minimum Gasteiger partial charge on any atom is -0.489 e. The quantitative estimate of drug-likeness (QED) is 0.621. The van der Waals surface area contributed by atoms with Crippen molar-refractivity contribution in [3.05, 3.63) is 59.9 Å². The molecular formula is C20H24FNO4S. The summed E-state index contributed by atoms with van der Waals surface area (Å²) >= 11 is 0. The minimum absolute atomic E-state index is 0.0236. The van der Waals surface area contributed by atoms with Crippen molar-refractivity contribution in [2.75, 3.05) is 16.8 Å². The number of benzene rings is 2. The van der Waals surface area contributed by atoms with Gasteiger partial charge in [0.2, 0.25) is 5.91 Å². The smallest absolute Gasteiger partial charge is 0.239 e. The van der Waals surface area contributed by atoms with E-state index in [1.165, 1.54) is 12.1 Å². The highest BCUT2D eigenvalue weighted by Crippen LogP contribution is 2.16. The molecule has 2 aromatic rings. The summed E-state index contributed by atoms with van der Waals surface area (Å²) in [5.74, 6) is -1.04. The van der Waals surface area contributed by atoms with E-state index in [0.29, 0.717) is 17.9 Å². The van der Waals surface area contributed by atoms with Gasteiger partial charge in [0.25, 0.3) is 0 Å². The molecule has 0 fully saturated rings. The third-order valence-electron chi connectivity index (χ3n) is 3.82. The number of carbonyl (C=O) groups excluding carboxylic acids is 1. The molecule has 0 saturated heterocycles. The van der Waals surface area contributed by atoms with Crippen molar-refractivity contribution in [3.8, 4) is 5.75 Å². The number of halogens is 1. The van der Waals surface area contributed by atoms with Crippen molar-refractivity contribution in [2.45, 2.75) is 32.8 Å². The lowest BCUT2D eigenvalue weighted by Crippen LogP contribution is -2.24. The van der Waals surface area contributed by atoms with Crippen LogP contribution in [0.4, 0.5) is 10.1 Å². The summed E-state index contributed by atoms with van der Waals surface area (Å²) in [6.07, 6.45) is 2.32. The van der Waals surface area contributed by atoms with E-state index < -0.39 is 21.5 Å². The number of sulfone groups is 1. The van der Waals surface area contributed by atoms with Crippen LogP contribution >= 0.6 is 0 Å². The van der Waals surface area contributed by atoms with E-state index >= 15 is 0 Å². The molecule has 5 nitrogen and oxygen atoms in total. The Hall–Kier alpha value is -2.41. The van der Waals surface area contributed by atoms with Crippen LogP contribution in [0.3, 0.4) is 0 Å². The third kappa shape index (κ3) is 7.78. The zero-order valence-corrected chi connectivity index (χ0v) is 16.1. The number of rotatable bonds is 10. The van der Waals surface area contributed by atoms with Gasteiger partial charge in [-0.1, -0.05) is 38.0 Å². The van der Waals surface area contributed by atoms with Crippen molar-refractivity contribution in [1.29, 1.82) is 0 Å². The van der Waals surface area contributed by atoms with E-state index in [9.17, 15) is 17.6 Å². The van der Waals surface area contributed by atoms with Gasteiger partial charge in [-0.3, -0.25) is 4.79 Å². The van der Waals surface area contributed by atoms with Crippen molar-refractivity contribution < 1.29 is 22.3 Å². The summed E-state index contributed by atoms with van der Waals surface area (Å²) in [5.41, 5.74) is 1.26. The Bertz CT molecular complexity index is 868. The number of nitrogens with one attached hydrogen (secondary N) is 1. The molecule has 1 amide bonds. The standard InChI is InChI=1S/C20H24FNO4S/c1-2-3-4-11-27(24,25)15-20(23)22-18-9-5-7-16(12-18)14-26-19-10-6-8-17(21)13-19/h5-10,12-13H,2-4,11,14-15H2,1H3,(H,22,23). The summed E-state index contributed by atoms with van der Waals surface area (Å²) in [5, 5.41) is 2.60. The highest BCUT2D eigenvalue weighted by molar-refractivity contribution is 7.92. The number of anilines is 1. The van der Waals surface area contributed by atoms with E-state index in [2.05, 4.69) is 5.32 Å². The molecule has 2 rings (SSSR count). The Balaban J connectivity index is 1.90. The predicted octanol–water partition coefficient (Wildman–Crippen LogP) is 3.95. The molecule has 0 aromatic heterocycles. The maximum absolute atomic E-state index is 13.2. The largest absolute Gasteiger partial charge is 0.489 e. The monoisotopic (exact) mass is 393 g/mol. The van der Waals surface area contributed by atoms with Gasteiger partial charge < -0.3 is 10.1 Å². The van der Waals surface area contributed by atoms with Crippen LogP contribution in [0.5, 0.6) is 5.75 Å². The molecule has 0 spiro atoms. The summed E-state index contributed by atoms with van der Waals surface area (Å²) in [6, 6.07) is 12.7. The van der Waals surface area contributed by atoms with E-state index in [0.717, 1.165) is 18.4 Å². The fourth-order valence-electron chi connectivity index (χ4n) is 2.50. The molecule has 1 N–H and O–H groups in total. The number of unbranched alkanes of at least 4 members (excludes halogenated alkanes) is 2. The Kier molecular flexibility index (Phi) is 7.79. The van der Waals surface area contributed by atoms with Crippen LogP contribution in [0, 0.1) is 5.82 Å². The molecule has 0 aliphatic heterocycles. The molecule has 0 bridgehead atoms. The number of amides is 1. The number of hydrogen-bond acceptors (Lipinski definition) is 4. The molecule has 146 valence electrons. The molecule has 7 heteroatoms. The highest BCUT2D eigenvalue weighted by Gasteiger charge is 2.16. The molecule has 0 heterocycles. The van der Waals surface area contributed by atoms with E-state index in [1.807, 2.05) is 6.92 Å². The lowest BCUT2D eigenvalue weighted by atomic mass is 10.2. The zero-order chi connectivity index (χ0) is 19.7. The first kappa shape index (κ1) is 20.9. The predicted molar refractivity (Wildman–Crippen MR) is 104 cm³/mol. The van der Waals surface area contributed by atoms with Gasteiger partial charge in [0, 0.05) is 11.8 Å². The van der Waals surface area contributed by atoms with E-state index in [1.54, 1.807) is 36.4 Å². The van der Waals surface area contributed by atoms with Gasteiger partial charge in [-0.25, -0.2) is 12.8 Å². The average Bonchev–Trinajstić information content (AvgIpc) is 2.60. The van der Waals surface area contributed by atoms with Crippen molar-refractivity contribution in [3.63, 3.8) is 0 Å². The van der Waals surface area contributed by atoms with Gasteiger partial charge >= 0.3 is 0 Å². The fourth-order valence-corrected chi connectivity index (χ4v) is 3.76. The second kappa shape index (κ2) is 10.1. The van der Waals surface area contributed by atoms with Gasteiger partial charge in [0.1, 0.15) is 23.9 Å². The highest BCUT2D eigenvalue weighted by atomic mass is 32.2.